The lowest BCUT2D eigenvalue weighted by Gasteiger charge is -2.23. The summed E-state index contributed by atoms with van der Waals surface area (Å²) in [6.45, 7) is 5.64. The molecule has 0 aromatic heterocycles. The molecule has 5 N–H and O–H groups in total. The molecule has 1 aliphatic carbocycles. The highest BCUT2D eigenvalue weighted by atomic mass is 16.3. The lowest BCUT2D eigenvalue weighted by atomic mass is 9.88. The summed E-state index contributed by atoms with van der Waals surface area (Å²) in [7, 11) is 0. The molecule has 0 heterocycles. The van der Waals surface area contributed by atoms with Crippen molar-refractivity contribution in [3.63, 3.8) is 0 Å². The van der Waals surface area contributed by atoms with Gasteiger partial charge in [-0.15, -0.1) is 0 Å². The smallest absolute Gasteiger partial charge is 0.220 e. The van der Waals surface area contributed by atoms with Gasteiger partial charge in [-0.05, 0) is 39.0 Å². The second-order valence-electron chi connectivity index (χ2n) is 9.60. The van der Waals surface area contributed by atoms with Crippen LogP contribution >= 0.6 is 0 Å². The lowest BCUT2D eigenvalue weighted by Crippen LogP contribution is -2.46. The molecule has 1 rings (SSSR count). The molecule has 0 spiro atoms. The van der Waals surface area contributed by atoms with Gasteiger partial charge in [0.05, 0.1) is 30.5 Å². The highest BCUT2D eigenvalue weighted by molar-refractivity contribution is 5.76. The predicted molar refractivity (Wildman–Crippen MR) is 120 cm³/mol. The standard InChI is InChI=1S/C24H45NO5/c1-4-5-8-11-18(27)14-15-20-19(21(28)16-22(20)29)12-9-6-7-10-13-23(30)25-24(2,3)17-26/h14-15,18-22,26-29H,4-13,16-17H2,1-3H3,(H,25,30)/b15-14+/t18-,19?,20+,21-,22+/m0/s1. The fraction of sp³-hybridized carbons (Fsp3) is 0.875. The van der Waals surface area contributed by atoms with Crippen LogP contribution < -0.4 is 5.32 Å². The Balaban J connectivity index is 2.32. The van der Waals surface area contributed by atoms with Crippen molar-refractivity contribution in [3.8, 4) is 0 Å². The van der Waals surface area contributed by atoms with E-state index in [9.17, 15) is 25.2 Å². The number of nitrogens with one attached hydrogen (secondary N) is 1. The Hall–Kier alpha value is -0.950. The number of carbonyl (C=O) groups is 1. The fourth-order valence-electron chi connectivity index (χ4n) is 4.23. The van der Waals surface area contributed by atoms with Crippen molar-refractivity contribution < 1.29 is 25.2 Å². The number of hydrogen-bond donors (Lipinski definition) is 5. The van der Waals surface area contributed by atoms with Gasteiger partial charge in [-0.1, -0.05) is 57.6 Å². The maximum Gasteiger partial charge on any atom is 0.220 e. The van der Waals surface area contributed by atoms with Crippen molar-refractivity contribution in [2.45, 2.75) is 115 Å². The summed E-state index contributed by atoms with van der Waals surface area (Å²) in [6, 6.07) is 0. The minimum atomic E-state index is -0.581. The van der Waals surface area contributed by atoms with Crippen LogP contribution in [0.2, 0.25) is 0 Å². The SMILES string of the molecule is CCCCC[C@H](O)/C=C/[C@@H]1C(CCCCCCC(=O)NC(C)(C)CO)[C@@H](O)C[C@H]1O. The zero-order chi connectivity index (χ0) is 22.6. The van der Waals surface area contributed by atoms with Crippen LogP contribution in [0, 0.1) is 11.8 Å². The summed E-state index contributed by atoms with van der Waals surface area (Å²) in [4.78, 5) is 11.9. The fourth-order valence-corrected chi connectivity index (χ4v) is 4.23. The number of carbonyl (C=O) groups excluding carboxylic acids is 1. The molecule has 0 saturated heterocycles. The average molecular weight is 428 g/mol. The third kappa shape index (κ3) is 10.4. The highest BCUT2D eigenvalue weighted by Crippen LogP contribution is 2.37. The minimum Gasteiger partial charge on any atom is -0.394 e. The first kappa shape index (κ1) is 27.1. The lowest BCUT2D eigenvalue weighted by molar-refractivity contribution is -0.123. The molecule has 30 heavy (non-hydrogen) atoms. The van der Waals surface area contributed by atoms with Gasteiger partial charge in [-0.2, -0.15) is 0 Å². The Morgan fingerprint density at radius 2 is 1.80 bits per heavy atom. The van der Waals surface area contributed by atoms with Gasteiger partial charge in [0.25, 0.3) is 0 Å². The Morgan fingerprint density at radius 3 is 2.47 bits per heavy atom. The first-order valence-electron chi connectivity index (χ1n) is 11.8. The Kier molecular flexibility index (Phi) is 12.8. The summed E-state index contributed by atoms with van der Waals surface area (Å²) in [5.74, 6) is -0.119. The van der Waals surface area contributed by atoms with E-state index in [1.165, 1.54) is 0 Å². The number of rotatable bonds is 15. The Morgan fingerprint density at radius 1 is 1.10 bits per heavy atom. The number of amides is 1. The van der Waals surface area contributed by atoms with Crippen LogP contribution in [0.1, 0.15) is 91.4 Å². The summed E-state index contributed by atoms with van der Waals surface area (Å²) < 4.78 is 0. The van der Waals surface area contributed by atoms with Gasteiger partial charge >= 0.3 is 0 Å². The molecule has 0 aromatic carbocycles. The van der Waals surface area contributed by atoms with E-state index in [4.69, 9.17) is 0 Å². The van der Waals surface area contributed by atoms with Crippen LogP contribution in [0.3, 0.4) is 0 Å². The summed E-state index contributed by atoms with van der Waals surface area (Å²) in [5, 5.41) is 42.8. The van der Waals surface area contributed by atoms with Gasteiger partial charge in [0.15, 0.2) is 0 Å². The van der Waals surface area contributed by atoms with E-state index in [1.54, 1.807) is 19.9 Å². The van der Waals surface area contributed by atoms with Crippen molar-refractivity contribution in [3.05, 3.63) is 12.2 Å². The van der Waals surface area contributed by atoms with Crippen LogP contribution in [0.15, 0.2) is 12.2 Å². The highest BCUT2D eigenvalue weighted by Gasteiger charge is 2.39. The molecule has 1 fully saturated rings. The maximum absolute atomic E-state index is 11.9. The minimum absolute atomic E-state index is 0.0211. The van der Waals surface area contributed by atoms with E-state index >= 15 is 0 Å². The molecule has 0 bridgehead atoms. The van der Waals surface area contributed by atoms with E-state index in [1.807, 2.05) is 6.08 Å². The van der Waals surface area contributed by atoms with Crippen molar-refractivity contribution in [2.75, 3.05) is 6.61 Å². The van der Waals surface area contributed by atoms with Gasteiger partial charge in [-0.3, -0.25) is 4.79 Å². The number of aliphatic hydroxyl groups excluding tert-OH is 4. The maximum atomic E-state index is 11.9. The van der Waals surface area contributed by atoms with E-state index in [0.717, 1.165) is 57.8 Å². The molecule has 1 unspecified atom stereocenters. The molecule has 0 aliphatic heterocycles. The average Bonchev–Trinajstić information content (AvgIpc) is 2.95. The predicted octanol–water partition coefficient (Wildman–Crippen LogP) is 3.07. The van der Waals surface area contributed by atoms with Crippen LogP contribution in [0.25, 0.3) is 0 Å². The zero-order valence-electron chi connectivity index (χ0n) is 19.2. The zero-order valence-corrected chi connectivity index (χ0v) is 19.2. The topological polar surface area (TPSA) is 110 Å². The van der Waals surface area contributed by atoms with Crippen molar-refractivity contribution >= 4 is 5.91 Å². The molecule has 1 aliphatic rings. The number of aliphatic hydroxyl groups is 4. The number of unbranched alkanes of at least 4 members (excludes halogenated alkanes) is 5. The molecule has 1 saturated carbocycles. The second-order valence-corrected chi connectivity index (χ2v) is 9.60. The van der Waals surface area contributed by atoms with E-state index in [2.05, 4.69) is 12.2 Å². The molecule has 5 atom stereocenters. The van der Waals surface area contributed by atoms with Crippen LogP contribution in [-0.4, -0.2) is 56.8 Å². The van der Waals surface area contributed by atoms with Gasteiger partial charge in [0.1, 0.15) is 0 Å². The quantitative estimate of drug-likeness (QED) is 0.204. The van der Waals surface area contributed by atoms with Crippen LogP contribution in [0.4, 0.5) is 0 Å². The van der Waals surface area contributed by atoms with Crippen LogP contribution in [-0.2, 0) is 4.79 Å². The first-order valence-corrected chi connectivity index (χ1v) is 11.8. The van der Waals surface area contributed by atoms with Gasteiger partial charge in [-0.25, -0.2) is 0 Å². The Labute approximate surface area is 182 Å². The number of hydrogen-bond acceptors (Lipinski definition) is 5. The largest absolute Gasteiger partial charge is 0.394 e. The molecule has 1 amide bonds. The molecule has 0 radical (unpaired) electrons. The summed E-state index contributed by atoms with van der Waals surface area (Å²) >= 11 is 0. The Bertz CT molecular complexity index is 508. The summed E-state index contributed by atoms with van der Waals surface area (Å²) in [5.41, 5.74) is -0.581. The monoisotopic (exact) mass is 427 g/mol. The summed E-state index contributed by atoms with van der Waals surface area (Å²) in [6.07, 6.45) is 11.5. The second kappa shape index (κ2) is 14.2. The van der Waals surface area contributed by atoms with Gasteiger partial charge in [0, 0.05) is 18.8 Å². The first-order chi connectivity index (χ1) is 14.2. The van der Waals surface area contributed by atoms with E-state index in [-0.39, 0.29) is 24.3 Å². The third-order valence-corrected chi connectivity index (χ3v) is 6.14. The molecule has 6 nitrogen and oxygen atoms in total. The van der Waals surface area contributed by atoms with Gasteiger partial charge < -0.3 is 25.7 Å². The van der Waals surface area contributed by atoms with E-state index in [0.29, 0.717) is 12.8 Å². The van der Waals surface area contributed by atoms with Crippen LogP contribution in [0.5, 0.6) is 0 Å². The molecule has 176 valence electrons. The third-order valence-electron chi connectivity index (χ3n) is 6.14. The van der Waals surface area contributed by atoms with Gasteiger partial charge in [0.2, 0.25) is 5.91 Å². The van der Waals surface area contributed by atoms with Crippen molar-refractivity contribution in [1.82, 2.24) is 5.32 Å². The van der Waals surface area contributed by atoms with Crippen molar-refractivity contribution in [1.29, 1.82) is 0 Å². The normalized spacial score (nSPS) is 25.7. The van der Waals surface area contributed by atoms with Crippen molar-refractivity contribution in [2.24, 2.45) is 11.8 Å². The molecular weight excluding hydrogens is 382 g/mol. The molecular formula is C24H45NO5. The van der Waals surface area contributed by atoms with E-state index < -0.39 is 23.9 Å². The molecule has 0 aromatic rings. The molecule has 6 heteroatoms.